The van der Waals surface area contributed by atoms with Crippen LogP contribution in [0, 0.1) is 5.82 Å². The SMILES string of the molecule is C[C@@H](O)c1cc(F)ccc1N(C)C. The smallest absolute Gasteiger partial charge is 0.123 e. The monoisotopic (exact) mass is 183 g/mol. The molecule has 1 aromatic rings. The fraction of sp³-hybridized carbons (Fsp3) is 0.400. The van der Waals surface area contributed by atoms with E-state index in [0.717, 1.165) is 5.69 Å². The molecule has 1 N–H and O–H groups in total. The average molecular weight is 183 g/mol. The molecule has 3 heteroatoms. The Balaban J connectivity index is 3.19. The lowest BCUT2D eigenvalue weighted by molar-refractivity contribution is 0.199. The first-order valence-corrected chi connectivity index (χ1v) is 4.17. The van der Waals surface area contributed by atoms with Gasteiger partial charge in [-0.15, -0.1) is 0 Å². The van der Waals surface area contributed by atoms with Crippen LogP contribution in [0.15, 0.2) is 18.2 Å². The molecule has 0 fully saturated rings. The molecular weight excluding hydrogens is 169 g/mol. The summed E-state index contributed by atoms with van der Waals surface area (Å²) in [6.45, 7) is 1.63. The van der Waals surface area contributed by atoms with Gasteiger partial charge in [0.1, 0.15) is 5.82 Å². The van der Waals surface area contributed by atoms with Crippen molar-refractivity contribution in [1.82, 2.24) is 0 Å². The van der Waals surface area contributed by atoms with Crippen LogP contribution in [0.5, 0.6) is 0 Å². The number of aliphatic hydroxyl groups excluding tert-OH is 1. The Morgan fingerprint density at radius 1 is 1.38 bits per heavy atom. The quantitative estimate of drug-likeness (QED) is 0.757. The largest absolute Gasteiger partial charge is 0.389 e. The van der Waals surface area contributed by atoms with E-state index in [2.05, 4.69) is 0 Å². The standard InChI is InChI=1S/C10H14FNO/c1-7(13)9-6-8(11)4-5-10(9)12(2)3/h4-7,13H,1-3H3/t7-/m1/s1. The van der Waals surface area contributed by atoms with Gasteiger partial charge in [0, 0.05) is 25.3 Å². The molecule has 0 unspecified atom stereocenters. The van der Waals surface area contributed by atoms with Gasteiger partial charge < -0.3 is 10.0 Å². The molecule has 0 amide bonds. The number of nitrogens with zero attached hydrogens (tertiary/aromatic N) is 1. The number of hydrogen-bond donors (Lipinski definition) is 1. The lowest BCUT2D eigenvalue weighted by atomic mass is 10.1. The summed E-state index contributed by atoms with van der Waals surface area (Å²) in [6, 6.07) is 4.42. The molecule has 0 heterocycles. The minimum absolute atomic E-state index is 0.318. The molecule has 0 aliphatic rings. The Bertz CT molecular complexity index is 297. The first kappa shape index (κ1) is 9.99. The van der Waals surface area contributed by atoms with Crippen LogP contribution in [0.2, 0.25) is 0 Å². The molecular formula is C10H14FNO. The number of benzene rings is 1. The Labute approximate surface area is 77.6 Å². The van der Waals surface area contributed by atoms with Gasteiger partial charge in [-0.05, 0) is 25.1 Å². The predicted molar refractivity (Wildman–Crippen MR) is 51.4 cm³/mol. The minimum atomic E-state index is -0.645. The normalized spacial score (nSPS) is 12.7. The highest BCUT2D eigenvalue weighted by Crippen LogP contribution is 2.25. The van der Waals surface area contributed by atoms with Crippen LogP contribution in [-0.2, 0) is 0 Å². The number of aliphatic hydroxyl groups is 1. The summed E-state index contributed by atoms with van der Waals surface area (Å²) < 4.78 is 12.8. The zero-order chi connectivity index (χ0) is 10.0. The van der Waals surface area contributed by atoms with Gasteiger partial charge >= 0.3 is 0 Å². The van der Waals surface area contributed by atoms with Crippen LogP contribution in [0.1, 0.15) is 18.6 Å². The lowest BCUT2D eigenvalue weighted by Gasteiger charge is -2.18. The summed E-state index contributed by atoms with van der Waals surface area (Å²) in [5.74, 6) is -0.318. The third-order valence-electron chi connectivity index (χ3n) is 1.92. The van der Waals surface area contributed by atoms with E-state index in [1.165, 1.54) is 12.1 Å². The van der Waals surface area contributed by atoms with Crippen molar-refractivity contribution in [3.05, 3.63) is 29.6 Å². The number of anilines is 1. The van der Waals surface area contributed by atoms with Crippen LogP contribution in [0.4, 0.5) is 10.1 Å². The second kappa shape index (κ2) is 3.75. The molecule has 0 spiro atoms. The summed E-state index contributed by atoms with van der Waals surface area (Å²) in [4.78, 5) is 1.85. The van der Waals surface area contributed by atoms with Gasteiger partial charge in [-0.3, -0.25) is 0 Å². The van der Waals surface area contributed by atoms with Gasteiger partial charge in [0.25, 0.3) is 0 Å². The minimum Gasteiger partial charge on any atom is -0.389 e. The molecule has 13 heavy (non-hydrogen) atoms. The molecule has 0 bridgehead atoms. The first-order chi connectivity index (χ1) is 6.02. The zero-order valence-electron chi connectivity index (χ0n) is 8.08. The number of halogens is 1. The van der Waals surface area contributed by atoms with Crippen molar-refractivity contribution in [1.29, 1.82) is 0 Å². The Morgan fingerprint density at radius 2 is 2.00 bits per heavy atom. The van der Waals surface area contributed by atoms with Gasteiger partial charge in [-0.2, -0.15) is 0 Å². The van der Waals surface area contributed by atoms with Crippen molar-refractivity contribution in [3.63, 3.8) is 0 Å². The first-order valence-electron chi connectivity index (χ1n) is 4.17. The number of rotatable bonds is 2. The lowest BCUT2D eigenvalue weighted by Crippen LogP contribution is -2.12. The molecule has 0 saturated heterocycles. The molecule has 1 aromatic carbocycles. The summed E-state index contributed by atoms with van der Waals surface area (Å²) in [5.41, 5.74) is 1.46. The molecule has 0 saturated carbocycles. The second-order valence-electron chi connectivity index (χ2n) is 3.27. The second-order valence-corrected chi connectivity index (χ2v) is 3.27. The van der Waals surface area contributed by atoms with Crippen molar-refractivity contribution in [2.75, 3.05) is 19.0 Å². The van der Waals surface area contributed by atoms with Crippen molar-refractivity contribution < 1.29 is 9.50 Å². The van der Waals surface area contributed by atoms with Gasteiger partial charge in [0.2, 0.25) is 0 Å². The maximum absolute atomic E-state index is 12.8. The highest BCUT2D eigenvalue weighted by atomic mass is 19.1. The Hall–Kier alpha value is -1.09. The summed E-state index contributed by atoms with van der Waals surface area (Å²) in [7, 11) is 3.72. The third kappa shape index (κ3) is 2.18. The molecule has 0 radical (unpaired) electrons. The van der Waals surface area contributed by atoms with Crippen LogP contribution in [0.3, 0.4) is 0 Å². The summed E-state index contributed by atoms with van der Waals surface area (Å²) in [5, 5.41) is 9.38. The van der Waals surface area contributed by atoms with E-state index in [0.29, 0.717) is 5.56 Å². The average Bonchev–Trinajstić information content (AvgIpc) is 2.03. The fourth-order valence-corrected chi connectivity index (χ4v) is 1.27. The van der Waals surface area contributed by atoms with Crippen molar-refractivity contribution in [3.8, 4) is 0 Å². The topological polar surface area (TPSA) is 23.5 Å². The Kier molecular flexibility index (Phi) is 2.88. The maximum Gasteiger partial charge on any atom is 0.123 e. The predicted octanol–water partition coefficient (Wildman–Crippen LogP) is 1.94. The molecule has 0 aromatic heterocycles. The molecule has 72 valence electrons. The Morgan fingerprint density at radius 3 is 2.46 bits per heavy atom. The van der Waals surface area contributed by atoms with Gasteiger partial charge in [-0.25, -0.2) is 4.39 Å². The molecule has 2 nitrogen and oxygen atoms in total. The van der Waals surface area contributed by atoms with E-state index in [1.807, 2.05) is 19.0 Å². The summed E-state index contributed by atoms with van der Waals surface area (Å²) in [6.07, 6.45) is -0.645. The van der Waals surface area contributed by atoms with Crippen LogP contribution in [-0.4, -0.2) is 19.2 Å². The van der Waals surface area contributed by atoms with E-state index in [4.69, 9.17) is 0 Å². The number of hydrogen-bond acceptors (Lipinski definition) is 2. The maximum atomic E-state index is 12.8. The zero-order valence-corrected chi connectivity index (χ0v) is 8.08. The van der Waals surface area contributed by atoms with Gasteiger partial charge in [0.05, 0.1) is 6.10 Å². The van der Waals surface area contributed by atoms with Crippen LogP contribution in [0.25, 0.3) is 0 Å². The molecule has 0 aliphatic heterocycles. The van der Waals surface area contributed by atoms with Crippen molar-refractivity contribution >= 4 is 5.69 Å². The van der Waals surface area contributed by atoms with Gasteiger partial charge in [-0.1, -0.05) is 0 Å². The highest BCUT2D eigenvalue weighted by molar-refractivity contribution is 5.53. The third-order valence-corrected chi connectivity index (χ3v) is 1.92. The highest BCUT2D eigenvalue weighted by Gasteiger charge is 2.10. The summed E-state index contributed by atoms with van der Waals surface area (Å²) >= 11 is 0. The molecule has 1 rings (SSSR count). The van der Waals surface area contributed by atoms with E-state index in [9.17, 15) is 9.50 Å². The van der Waals surface area contributed by atoms with E-state index < -0.39 is 6.10 Å². The van der Waals surface area contributed by atoms with Crippen LogP contribution < -0.4 is 4.90 Å². The van der Waals surface area contributed by atoms with Crippen LogP contribution >= 0.6 is 0 Å². The molecule has 1 atom stereocenters. The molecule has 0 aliphatic carbocycles. The van der Waals surface area contributed by atoms with Crippen molar-refractivity contribution in [2.24, 2.45) is 0 Å². The van der Waals surface area contributed by atoms with Gasteiger partial charge in [0.15, 0.2) is 0 Å². The van der Waals surface area contributed by atoms with Crippen molar-refractivity contribution in [2.45, 2.75) is 13.0 Å². The van der Waals surface area contributed by atoms with E-state index in [-0.39, 0.29) is 5.82 Å². The fourth-order valence-electron chi connectivity index (χ4n) is 1.27. The van der Waals surface area contributed by atoms with E-state index >= 15 is 0 Å². The van der Waals surface area contributed by atoms with E-state index in [1.54, 1.807) is 13.0 Å².